The summed E-state index contributed by atoms with van der Waals surface area (Å²) in [5, 5.41) is 4.51. The first-order valence-electron chi connectivity index (χ1n) is 6.12. The highest BCUT2D eigenvalue weighted by Crippen LogP contribution is 2.31. The molecule has 1 aromatic heterocycles. The van der Waals surface area contributed by atoms with Gasteiger partial charge >= 0.3 is 0 Å². The molecule has 0 fully saturated rings. The molecule has 0 aliphatic carbocycles. The molecule has 2 aromatic rings. The summed E-state index contributed by atoms with van der Waals surface area (Å²) in [7, 11) is 3.62. The van der Waals surface area contributed by atoms with Crippen LogP contribution in [0.2, 0.25) is 0 Å². The first-order valence-corrected chi connectivity index (χ1v) is 6.12. The minimum atomic E-state index is 0.682. The average molecular weight is 245 g/mol. The van der Waals surface area contributed by atoms with E-state index >= 15 is 0 Å². The summed E-state index contributed by atoms with van der Waals surface area (Å²) in [5.74, 6) is 0.875. The Balaban J connectivity index is 2.42. The van der Waals surface area contributed by atoms with E-state index in [4.69, 9.17) is 10.5 Å². The first kappa shape index (κ1) is 12.6. The van der Waals surface area contributed by atoms with Gasteiger partial charge in [0.2, 0.25) is 0 Å². The average Bonchev–Trinajstić information content (AvgIpc) is 2.77. The number of aromatic nitrogens is 2. The van der Waals surface area contributed by atoms with Crippen molar-refractivity contribution in [2.45, 2.75) is 12.8 Å². The first-order chi connectivity index (χ1) is 8.76. The minimum Gasteiger partial charge on any atom is -0.496 e. The molecule has 0 unspecified atom stereocenters. The molecule has 0 saturated heterocycles. The van der Waals surface area contributed by atoms with Crippen molar-refractivity contribution >= 4 is 0 Å². The maximum Gasteiger partial charge on any atom is 0.126 e. The van der Waals surface area contributed by atoms with E-state index in [2.05, 4.69) is 11.2 Å². The Morgan fingerprint density at radius 3 is 2.78 bits per heavy atom. The Morgan fingerprint density at radius 2 is 2.06 bits per heavy atom. The Morgan fingerprint density at radius 1 is 1.28 bits per heavy atom. The summed E-state index contributed by atoms with van der Waals surface area (Å²) in [6.07, 6.45) is 3.87. The topological polar surface area (TPSA) is 53.1 Å². The molecule has 0 bridgehead atoms. The predicted molar refractivity (Wildman–Crippen MR) is 72.6 cm³/mol. The zero-order chi connectivity index (χ0) is 13.0. The highest BCUT2D eigenvalue weighted by atomic mass is 16.5. The van der Waals surface area contributed by atoms with Crippen LogP contribution in [0.4, 0.5) is 0 Å². The van der Waals surface area contributed by atoms with Crippen LogP contribution in [0.1, 0.15) is 12.1 Å². The highest BCUT2D eigenvalue weighted by Gasteiger charge is 2.13. The molecular weight excluding hydrogens is 226 g/mol. The Kier molecular flexibility index (Phi) is 3.99. The normalized spacial score (nSPS) is 10.6. The lowest BCUT2D eigenvalue weighted by Crippen LogP contribution is -2.02. The number of methoxy groups -OCH3 is 1. The smallest absolute Gasteiger partial charge is 0.126 e. The molecule has 96 valence electrons. The fraction of sp³-hybridized carbons (Fsp3) is 0.357. The number of nitrogens with two attached hydrogens (primary N) is 1. The van der Waals surface area contributed by atoms with Gasteiger partial charge in [-0.2, -0.15) is 5.10 Å². The van der Waals surface area contributed by atoms with Crippen LogP contribution in [-0.4, -0.2) is 23.4 Å². The van der Waals surface area contributed by atoms with E-state index in [0.717, 1.165) is 35.4 Å². The third-order valence-electron chi connectivity index (χ3n) is 2.92. The molecule has 0 atom stereocenters. The second-order valence-corrected chi connectivity index (χ2v) is 4.26. The largest absolute Gasteiger partial charge is 0.496 e. The van der Waals surface area contributed by atoms with Crippen LogP contribution in [0.5, 0.6) is 5.75 Å². The molecule has 0 aliphatic rings. The van der Waals surface area contributed by atoms with Crippen molar-refractivity contribution in [3.05, 3.63) is 36.2 Å². The van der Waals surface area contributed by atoms with Gasteiger partial charge in [0.05, 0.1) is 12.8 Å². The monoisotopic (exact) mass is 245 g/mol. The number of aryl methyl sites for hydroxylation is 2. The number of nitrogens with zero attached hydrogens (tertiary/aromatic N) is 2. The van der Waals surface area contributed by atoms with Crippen LogP contribution in [0.25, 0.3) is 11.1 Å². The standard InChI is InChI=1S/C14H19N3O/c1-17-10-12(13(16-17)7-5-9-15)11-6-3-4-8-14(11)18-2/h3-4,6,8,10H,5,7,9,15H2,1-2H3. The maximum absolute atomic E-state index is 5.57. The van der Waals surface area contributed by atoms with Gasteiger partial charge in [-0.15, -0.1) is 0 Å². The maximum atomic E-state index is 5.57. The molecule has 1 heterocycles. The summed E-state index contributed by atoms with van der Waals surface area (Å²) < 4.78 is 7.25. The Bertz CT molecular complexity index is 520. The highest BCUT2D eigenvalue weighted by molar-refractivity contribution is 5.71. The SMILES string of the molecule is COc1ccccc1-c1cn(C)nc1CCCN. The number of para-hydroxylation sites is 1. The molecular formula is C14H19N3O. The van der Waals surface area contributed by atoms with Crippen molar-refractivity contribution in [2.75, 3.05) is 13.7 Å². The molecule has 2 rings (SSSR count). The van der Waals surface area contributed by atoms with Crippen LogP contribution in [0, 0.1) is 0 Å². The van der Waals surface area contributed by atoms with Gasteiger partial charge in [0.1, 0.15) is 5.75 Å². The number of ether oxygens (including phenoxy) is 1. The van der Waals surface area contributed by atoms with Crippen LogP contribution < -0.4 is 10.5 Å². The molecule has 0 aliphatic heterocycles. The Labute approximate surface area is 107 Å². The van der Waals surface area contributed by atoms with Crippen molar-refractivity contribution in [2.24, 2.45) is 12.8 Å². The molecule has 2 N–H and O–H groups in total. The fourth-order valence-electron chi connectivity index (χ4n) is 2.08. The number of rotatable bonds is 5. The van der Waals surface area contributed by atoms with Crippen molar-refractivity contribution < 1.29 is 4.74 Å². The number of hydrogen-bond acceptors (Lipinski definition) is 3. The summed E-state index contributed by atoms with van der Waals surface area (Å²) in [6.45, 7) is 0.682. The zero-order valence-electron chi connectivity index (χ0n) is 10.9. The van der Waals surface area contributed by atoms with E-state index in [1.54, 1.807) is 7.11 Å². The lowest BCUT2D eigenvalue weighted by atomic mass is 10.0. The van der Waals surface area contributed by atoms with Gasteiger partial charge in [0, 0.05) is 24.4 Å². The van der Waals surface area contributed by atoms with Gasteiger partial charge in [-0.3, -0.25) is 4.68 Å². The van der Waals surface area contributed by atoms with Crippen molar-refractivity contribution in [1.29, 1.82) is 0 Å². The third-order valence-corrected chi connectivity index (χ3v) is 2.92. The van der Waals surface area contributed by atoms with E-state index < -0.39 is 0 Å². The third kappa shape index (κ3) is 2.54. The van der Waals surface area contributed by atoms with Gasteiger partial charge in [-0.25, -0.2) is 0 Å². The summed E-state index contributed by atoms with van der Waals surface area (Å²) >= 11 is 0. The molecule has 0 saturated carbocycles. The van der Waals surface area contributed by atoms with Gasteiger partial charge in [0.15, 0.2) is 0 Å². The lowest BCUT2D eigenvalue weighted by Gasteiger charge is -2.07. The van der Waals surface area contributed by atoms with Crippen molar-refractivity contribution in [3.63, 3.8) is 0 Å². The molecule has 0 radical (unpaired) electrons. The fourth-order valence-corrected chi connectivity index (χ4v) is 2.08. The number of benzene rings is 1. The second kappa shape index (κ2) is 5.69. The van der Waals surface area contributed by atoms with E-state index in [0.29, 0.717) is 6.54 Å². The van der Waals surface area contributed by atoms with E-state index in [-0.39, 0.29) is 0 Å². The zero-order valence-corrected chi connectivity index (χ0v) is 10.9. The van der Waals surface area contributed by atoms with E-state index in [1.807, 2.05) is 36.1 Å². The predicted octanol–water partition coefficient (Wildman–Crippen LogP) is 1.99. The summed E-state index contributed by atoms with van der Waals surface area (Å²) in [4.78, 5) is 0. The quantitative estimate of drug-likeness (QED) is 0.876. The van der Waals surface area contributed by atoms with Crippen LogP contribution in [-0.2, 0) is 13.5 Å². The van der Waals surface area contributed by atoms with Crippen molar-refractivity contribution in [3.8, 4) is 16.9 Å². The number of hydrogen-bond donors (Lipinski definition) is 1. The minimum absolute atomic E-state index is 0.682. The Hall–Kier alpha value is -1.81. The van der Waals surface area contributed by atoms with Gasteiger partial charge in [-0.1, -0.05) is 18.2 Å². The van der Waals surface area contributed by atoms with Gasteiger partial charge in [0.25, 0.3) is 0 Å². The molecule has 0 amide bonds. The molecule has 18 heavy (non-hydrogen) atoms. The summed E-state index contributed by atoms with van der Waals surface area (Å²) in [6, 6.07) is 8.01. The van der Waals surface area contributed by atoms with Gasteiger partial charge in [-0.05, 0) is 25.5 Å². The van der Waals surface area contributed by atoms with Crippen LogP contribution in [0.15, 0.2) is 30.5 Å². The molecule has 1 aromatic carbocycles. The second-order valence-electron chi connectivity index (χ2n) is 4.26. The van der Waals surface area contributed by atoms with Gasteiger partial charge < -0.3 is 10.5 Å². The van der Waals surface area contributed by atoms with Crippen LogP contribution >= 0.6 is 0 Å². The lowest BCUT2D eigenvalue weighted by molar-refractivity contribution is 0.416. The van der Waals surface area contributed by atoms with E-state index in [1.165, 1.54) is 0 Å². The molecule has 0 spiro atoms. The molecule has 4 heteroatoms. The van der Waals surface area contributed by atoms with E-state index in [9.17, 15) is 0 Å². The van der Waals surface area contributed by atoms with Crippen molar-refractivity contribution in [1.82, 2.24) is 9.78 Å². The molecule has 4 nitrogen and oxygen atoms in total. The summed E-state index contributed by atoms with van der Waals surface area (Å²) in [5.41, 5.74) is 8.86. The van der Waals surface area contributed by atoms with Crippen LogP contribution in [0.3, 0.4) is 0 Å².